The monoisotopic (exact) mass is 211 g/mol. The van der Waals surface area contributed by atoms with E-state index in [1.165, 1.54) is 38.9 Å². The summed E-state index contributed by atoms with van der Waals surface area (Å²) in [6.07, 6.45) is 4.06. The fourth-order valence-corrected chi connectivity index (χ4v) is 2.30. The zero-order chi connectivity index (χ0) is 10.7. The Labute approximate surface area is 93.6 Å². The Morgan fingerprint density at radius 1 is 1.27 bits per heavy atom. The van der Waals surface area contributed by atoms with Crippen molar-refractivity contribution in [2.24, 2.45) is 0 Å². The van der Waals surface area contributed by atoms with E-state index in [2.05, 4.69) is 29.4 Å². The van der Waals surface area contributed by atoms with Crippen LogP contribution in [0.15, 0.2) is 0 Å². The summed E-state index contributed by atoms with van der Waals surface area (Å²) >= 11 is 0. The van der Waals surface area contributed by atoms with Gasteiger partial charge in [0.25, 0.3) is 0 Å². The van der Waals surface area contributed by atoms with Crippen molar-refractivity contribution >= 4 is 0 Å². The molecule has 0 aromatic carbocycles. The molecule has 3 heteroatoms. The molecule has 0 amide bonds. The topological polar surface area (TPSA) is 27.3 Å². The lowest BCUT2D eigenvalue weighted by molar-refractivity contribution is 0.0955. The number of nitrogens with one attached hydrogen (secondary N) is 2. The van der Waals surface area contributed by atoms with Crippen LogP contribution in [0.1, 0.15) is 33.1 Å². The third kappa shape index (κ3) is 3.44. The van der Waals surface area contributed by atoms with Crippen molar-refractivity contribution in [2.75, 3.05) is 32.7 Å². The fraction of sp³-hybridized carbons (Fsp3) is 1.00. The van der Waals surface area contributed by atoms with Crippen LogP contribution in [0.3, 0.4) is 0 Å². The lowest BCUT2D eigenvalue weighted by Gasteiger charge is -2.41. The summed E-state index contributed by atoms with van der Waals surface area (Å²) in [5, 5.41) is 7.02. The normalized spacial score (nSPS) is 24.4. The summed E-state index contributed by atoms with van der Waals surface area (Å²) in [6, 6.07) is 0.851. The predicted molar refractivity (Wildman–Crippen MR) is 64.2 cm³/mol. The summed E-state index contributed by atoms with van der Waals surface area (Å²) in [6.45, 7) is 10.7. The van der Waals surface area contributed by atoms with Gasteiger partial charge in [0.15, 0.2) is 0 Å². The van der Waals surface area contributed by atoms with Crippen LogP contribution < -0.4 is 10.6 Å². The maximum atomic E-state index is 3.61. The van der Waals surface area contributed by atoms with Crippen molar-refractivity contribution in [3.05, 3.63) is 0 Å². The highest BCUT2D eigenvalue weighted by Crippen LogP contribution is 2.21. The van der Waals surface area contributed by atoms with E-state index >= 15 is 0 Å². The fourth-order valence-electron chi connectivity index (χ4n) is 2.30. The SMILES string of the molecule is CC(C)(CCNC1CC1)N1CCNCC1. The molecule has 15 heavy (non-hydrogen) atoms. The van der Waals surface area contributed by atoms with Gasteiger partial charge in [-0.3, -0.25) is 4.90 Å². The van der Waals surface area contributed by atoms with E-state index < -0.39 is 0 Å². The predicted octanol–water partition coefficient (Wildman–Crippen LogP) is 0.812. The Kier molecular flexibility index (Phi) is 3.65. The minimum Gasteiger partial charge on any atom is -0.314 e. The minimum absolute atomic E-state index is 0.365. The van der Waals surface area contributed by atoms with E-state index in [0.717, 1.165) is 19.1 Å². The number of hydrogen-bond acceptors (Lipinski definition) is 3. The van der Waals surface area contributed by atoms with E-state index in [1.807, 2.05) is 0 Å². The second-order valence-electron chi connectivity index (χ2n) is 5.53. The smallest absolute Gasteiger partial charge is 0.0166 e. The molecule has 2 fully saturated rings. The number of hydrogen-bond donors (Lipinski definition) is 2. The summed E-state index contributed by atoms with van der Waals surface area (Å²) in [4.78, 5) is 2.62. The molecule has 2 N–H and O–H groups in total. The van der Waals surface area contributed by atoms with Gasteiger partial charge in [-0.2, -0.15) is 0 Å². The van der Waals surface area contributed by atoms with Crippen LogP contribution in [0.4, 0.5) is 0 Å². The second-order valence-corrected chi connectivity index (χ2v) is 5.53. The molecule has 1 aliphatic carbocycles. The van der Waals surface area contributed by atoms with E-state index in [1.54, 1.807) is 0 Å². The van der Waals surface area contributed by atoms with Gasteiger partial charge >= 0.3 is 0 Å². The van der Waals surface area contributed by atoms with E-state index in [4.69, 9.17) is 0 Å². The molecule has 88 valence electrons. The summed E-state index contributed by atoms with van der Waals surface area (Å²) in [5.41, 5.74) is 0.365. The summed E-state index contributed by atoms with van der Waals surface area (Å²) in [7, 11) is 0. The molecular weight excluding hydrogens is 186 g/mol. The summed E-state index contributed by atoms with van der Waals surface area (Å²) < 4.78 is 0. The molecule has 3 nitrogen and oxygen atoms in total. The zero-order valence-corrected chi connectivity index (χ0v) is 10.2. The van der Waals surface area contributed by atoms with Crippen LogP contribution >= 0.6 is 0 Å². The first kappa shape index (κ1) is 11.4. The van der Waals surface area contributed by atoms with Gasteiger partial charge in [-0.25, -0.2) is 0 Å². The van der Waals surface area contributed by atoms with Crippen LogP contribution in [-0.2, 0) is 0 Å². The Balaban J connectivity index is 1.70. The molecule has 0 spiro atoms. The Bertz CT molecular complexity index is 193. The molecule has 0 bridgehead atoms. The maximum absolute atomic E-state index is 3.61. The average Bonchev–Trinajstić information content (AvgIpc) is 3.03. The van der Waals surface area contributed by atoms with Crippen LogP contribution in [-0.4, -0.2) is 49.2 Å². The molecule has 1 saturated carbocycles. The van der Waals surface area contributed by atoms with Crippen molar-refractivity contribution < 1.29 is 0 Å². The van der Waals surface area contributed by atoms with Crippen LogP contribution in [0.5, 0.6) is 0 Å². The Hall–Kier alpha value is -0.120. The molecule has 0 unspecified atom stereocenters. The number of rotatable bonds is 5. The molecule has 1 saturated heterocycles. The lowest BCUT2D eigenvalue weighted by Crippen LogP contribution is -2.54. The quantitative estimate of drug-likeness (QED) is 0.705. The van der Waals surface area contributed by atoms with Crippen molar-refractivity contribution in [2.45, 2.75) is 44.7 Å². The van der Waals surface area contributed by atoms with E-state index in [-0.39, 0.29) is 0 Å². The standard InChI is InChI=1S/C12H25N3/c1-12(2,5-6-14-11-3-4-11)15-9-7-13-8-10-15/h11,13-14H,3-10H2,1-2H3. The third-order valence-corrected chi connectivity index (χ3v) is 3.72. The Morgan fingerprint density at radius 2 is 1.93 bits per heavy atom. The highest BCUT2D eigenvalue weighted by molar-refractivity contribution is 4.87. The number of nitrogens with zero attached hydrogens (tertiary/aromatic N) is 1. The van der Waals surface area contributed by atoms with Gasteiger partial charge < -0.3 is 10.6 Å². The minimum atomic E-state index is 0.365. The molecular formula is C12H25N3. The van der Waals surface area contributed by atoms with Crippen molar-refractivity contribution in [3.63, 3.8) is 0 Å². The molecule has 0 atom stereocenters. The first-order valence-corrected chi connectivity index (χ1v) is 6.38. The van der Waals surface area contributed by atoms with Crippen molar-refractivity contribution in [3.8, 4) is 0 Å². The van der Waals surface area contributed by atoms with Crippen molar-refractivity contribution in [1.82, 2.24) is 15.5 Å². The van der Waals surface area contributed by atoms with Gasteiger partial charge in [0, 0.05) is 37.8 Å². The molecule has 2 rings (SSSR count). The highest BCUT2D eigenvalue weighted by Gasteiger charge is 2.28. The largest absolute Gasteiger partial charge is 0.314 e. The first-order chi connectivity index (χ1) is 7.18. The van der Waals surface area contributed by atoms with Crippen LogP contribution in [0.2, 0.25) is 0 Å². The van der Waals surface area contributed by atoms with Gasteiger partial charge in [-0.1, -0.05) is 0 Å². The average molecular weight is 211 g/mol. The second kappa shape index (κ2) is 4.81. The van der Waals surface area contributed by atoms with Crippen LogP contribution in [0, 0.1) is 0 Å². The van der Waals surface area contributed by atoms with Gasteiger partial charge in [-0.05, 0) is 39.7 Å². The van der Waals surface area contributed by atoms with Gasteiger partial charge in [0.05, 0.1) is 0 Å². The highest BCUT2D eigenvalue weighted by atomic mass is 15.2. The molecule has 2 aliphatic rings. The molecule has 0 aromatic rings. The molecule has 0 radical (unpaired) electrons. The van der Waals surface area contributed by atoms with Crippen molar-refractivity contribution in [1.29, 1.82) is 0 Å². The third-order valence-electron chi connectivity index (χ3n) is 3.72. The van der Waals surface area contributed by atoms with E-state index in [9.17, 15) is 0 Å². The number of piperazine rings is 1. The van der Waals surface area contributed by atoms with Gasteiger partial charge in [-0.15, -0.1) is 0 Å². The van der Waals surface area contributed by atoms with Crippen LogP contribution in [0.25, 0.3) is 0 Å². The first-order valence-electron chi connectivity index (χ1n) is 6.38. The lowest BCUT2D eigenvalue weighted by atomic mass is 9.97. The maximum Gasteiger partial charge on any atom is 0.0166 e. The molecule has 1 heterocycles. The zero-order valence-electron chi connectivity index (χ0n) is 10.2. The van der Waals surface area contributed by atoms with E-state index in [0.29, 0.717) is 5.54 Å². The summed E-state index contributed by atoms with van der Waals surface area (Å²) in [5.74, 6) is 0. The van der Waals surface area contributed by atoms with Gasteiger partial charge in [0.2, 0.25) is 0 Å². The Morgan fingerprint density at radius 3 is 2.53 bits per heavy atom. The molecule has 0 aromatic heterocycles. The van der Waals surface area contributed by atoms with Gasteiger partial charge in [0.1, 0.15) is 0 Å². The molecule has 1 aliphatic heterocycles.